The predicted molar refractivity (Wildman–Crippen MR) is 50.0 cm³/mol. The molecule has 4 amide bonds. The highest BCUT2D eigenvalue weighted by molar-refractivity contribution is 6.18. The Morgan fingerprint density at radius 1 is 1.28 bits per heavy atom. The minimum atomic E-state index is -4.52. The first-order valence-corrected chi connectivity index (χ1v) is 4.83. The monoisotopic (exact) mass is 270 g/mol. The Morgan fingerprint density at radius 3 is 2.22 bits per heavy atom. The molecule has 1 saturated heterocycles. The molecule has 0 spiro atoms. The van der Waals surface area contributed by atoms with E-state index in [0.717, 1.165) is 13.8 Å². The van der Waals surface area contributed by atoms with Crippen molar-refractivity contribution in [2.45, 2.75) is 26.2 Å². The zero-order valence-electron chi connectivity index (χ0n) is 9.47. The second kappa shape index (κ2) is 4.21. The van der Waals surface area contributed by atoms with Gasteiger partial charge in [-0.05, 0) is 13.8 Å². The summed E-state index contributed by atoms with van der Waals surface area (Å²) in [5.41, 5.74) is -1.76. The van der Waals surface area contributed by atoms with Crippen LogP contribution in [0.2, 0.25) is 0 Å². The molecule has 0 aromatic rings. The van der Waals surface area contributed by atoms with Crippen LogP contribution < -0.4 is 5.32 Å². The minimum Gasteiger partial charge on any atom is -0.277 e. The average Bonchev–Trinajstić information content (AvgIpc) is 2.22. The first kappa shape index (κ1) is 14.4. The van der Waals surface area contributed by atoms with Crippen molar-refractivity contribution in [3.63, 3.8) is 0 Å². The number of nitrogens with one attached hydrogen (secondary N) is 1. The predicted octanol–water partition coefficient (Wildman–Crippen LogP) is 0.991. The van der Waals surface area contributed by atoms with Crippen LogP contribution >= 0.6 is 0 Å². The zero-order chi connectivity index (χ0) is 14.3. The SMILES string of the molecule is CC1(C)C(=O)NC(=O)N(CC(F)(F)C(F)F)C1=O. The van der Waals surface area contributed by atoms with Crippen LogP contribution in [0.5, 0.6) is 0 Å². The van der Waals surface area contributed by atoms with Crippen molar-refractivity contribution in [2.24, 2.45) is 5.41 Å². The van der Waals surface area contributed by atoms with E-state index >= 15 is 0 Å². The summed E-state index contributed by atoms with van der Waals surface area (Å²) < 4.78 is 49.6. The molecule has 0 unspecified atom stereocenters. The molecule has 18 heavy (non-hydrogen) atoms. The molecule has 5 nitrogen and oxygen atoms in total. The number of halogens is 4. The van der Waals surface area contributed by atoms with Gasteiger partial charge in [-0.1, -0.05) is 0 Å². The normalized spacial score (nSPS) is 20.4. The van der Waals surface area contributed by atoms with Crippen molar-refractivity contribution in [1.29, 1.82) is 0 Å². The Morgan fingerprint density at radius 2 is 1.78 bits per heavy atom. The number of urea groups is 1. The highest BCUT2D eigenvalue weighted by atomic mass is 19.3. The number of carbonyl (C=O) groups excluding carboxylic acids is 3. The summed E-state index contributed by atoms with van der Waals surface area (Å²) in [5, 5.41) is 1.66. The fourth-order valence-electron chi connectivity index (χ4n) is 1.27. The molecule has 1 heterocycles. The van der Waals surface area contributed by atoms with E-state index in [2.05, 4.69) is 0 Å². The molecule has 0 saturated carbocycles. The van der Waals surface area contributed by atoms with Gasteiger partial charge in [0.25, 0.3) is 0 Å². The molecule has 0 aromatic heterocycles. The van der Waals surface area contributed by atoms with Crippen molar-refractivity contribution in [3.05, 3.63) is 0 Å². The van der Waals surface area contributed by atoms with E-state index in [9.17, 15) is 31.9 Å². The van der Waals surface area contributed by atoms with Crippen LogP contribution in [0.3, 0.4) is 0 Å². The number of amides is 4. The van der Waals surface area contributed by atoms with Crippen LogP contribution in [0.4, 0.5) is 22.4 Å². The lowest BCUT2D eigenvalue weighted by Gasteiger charge is -2.35. The van der Waals surface area contributed by atoms with E-state index in [1.54, 1.807) is 5.32 Å². The van der Waals surface area contributed by atoms with Gasteiger partial charge in [0.2, 0.25) is 11.8 Å². The number of hydrogen-bond donors (Lipinski definition) is 1. The summed E-state index contributed by atoms with van der Waals surface area (Å²) in [5.74, 6) is -6.73. The number of hydrogen-bond acceptors (Lipinski definition) is 3. The number of barbiturate groups is 1. The van der Waals surface area contributed by atoms with E-state index in [1.165, 1.54) is 0 Å². The van der Waals surface area contributed by atoms with Gasteiger partial charge in [0.1, 0.15) is 12.0 Å². The lowest BCUT2D eigenvalue weighted by Crippen LogP contribution is -2.64. The quantitative estimate of drug-likeness (QED) is 0.614. The van der Waals surface area contributed by atoms with Gasteiger partial charge in [0.15, 0.2) is 0 Å². The molecule has 9 heteroatoms. The second-order valence-corrected chi connectivity index (χ2v) is 4.34. The Hall–Kier alpha value is -1.67. The second-order valence-electron chi connectivity index (χ2n) is 4.34. The molecule has 1 aliphatic heterocycles. The van der Waals surface area contributed by atoms with E-state index in [4.69, 9.17) is 0 Å². The van der Waals surface area contributed by atoms with Crippen molar-refractivity contribution >= 4 is 17.8 Å². The zero-order valence-corrected chi connectivity index (χ0v) is 9.47. The molecule has 1 rings (SSSR count). The summed E-state index contributed by atoms with van der Waals surface area (Å²) in [6.45, 7) is 0.432. The molecule has 0 bridgehead atoms. The Kier molecular flexibility index (Phi) is 3.37. The summed E-state index contributed by atoms with van der Waals surface area (Å²) in [6, 6.07) is -1.43. The summed E-state index contributed by atoms with van der Waals surface area (Å²) in [6.07, 6.45) is -4.01. The molecular formula is C9H10F4N2O3. The largest absolute Gasteiger partial charge is 0.330 e. The molecule has 0 radical (unpaired) electrons. The maximum Gasteiger partial charge on any atom is 0.330 e. The van der Waals surface area contributed by atoms with Gasteiger partial charge in [0, 0.05) is 0 Å². The first-order chi connectivity index (χ1) is 8.00. The smallest absolute Gasteiger partial charge is 0.277 e. The standard InChI is InChI=1S/C9H10F4N2O3/c1-8(2)5(16)14-7(18)15(6(8)17)3-9(12,13)4(10)11/h4H,3H2,1-2H3,(H,14,16,18). The number of nitrogens with zero attached hydrogens (tertiary/aromatic N) is 1. The summed E-state index contributed by atoms with van der Waals surface area (Å²) >= 11 is 0. The third-order valence-corrected chi connectivity index (χ3v) is 2.50. The number of rotatable bonds is 3. The van der Waals surface area contributed by atoms with Gasteiger partial charge in [-0.15, -0.1) is 0 Å². The topological polar surface area (TPSA) is 66.5 Å². The first-order valence-electron chi connectivity index (χ1n) is 4.83. The van der Waals surface area contributed by atoms with Crippen molar-refractivity contribution in [1.82, 2.24) is 10.2 Å². The van der Waals surface area contributed by atoms with Gasteiger partial charge >= 0.3 is 18.4 Å². The van der Waals surface area contributed by atoms with Crippen LogP contribution in [0.1, 0.15) is 13.8 Å². The minimum absolute atomic E-state index is 0.0758. The van der Waals surface area contributed by atoms with E-state index in [0.29, 0.717) is 0 Å². The third kappa shape index (κ3) is 2.29. The van der Waals surface area contributed by atoms with E-state index in [1.807, 2.05) is 0 Å². The maximum atomic E-state index is 12.8. The lowest BCUT2D eigenvalue weighted by molar-refractivity contribution is -0.162. The van der Waals surface area contributed by atoms with E-state index < -0.39 is 42.2 Å². The molecule has 0 atom stereocenters. The van der Waals surface area contributed by atoms with Crippen molar-refractivity contribution in [3.8, 4) is 0 Å². The van der Waals surface area contributed by atoms with Gasteiger partial charge < -0.3 is 0 Å². The van der Waals surface area contributed by atoms with Gasteiger partial charge in [0.05, 0.1) is 0 Å². The Balaban J connectivity index is 2.99. The molecule has 1 N–H and O–H groups in total. The Bertz CT molecular complexity index is 409. The molecule has 102 valence electrons. The van der Waals surface area contributed by atoms with E-state index in [-0.39, 0.29) is 4.90 Å². The van der Waals surface area contributed by atoms with Crippen LogP contribution in [0.15, 0.2) is 0 Å². The number of imide groups is 2. The van der Waals surface area contributed by atoms with Crippen LogP contribution in [0.25, 0.3) is 0 Å². The molecule has 0 aromatic carbocycles. The van der Waals surface area contributed by atoms with Gasteiger partial charge in [-0.25, -0.2) is 13.6 Å². The summed E-state index contributed by atoms with van der Waals surface area (Å²) in [7, 11) is 0. The highest BCUT2D eigenvalue weighted by Gasteiger charge is 2.52. The lowest BCUT2D eigenvalue weighted by atomic mass is 9.88. The van der Waals surface area contributed by atoms with Gasteiger partial charge in [-0.3, -0.25) is 19.8 Å². The van der Waals surface area contributed by atoms with Crippen LogP contribution in [0, 0.1) is 5.41 Å². The highest BCUT2D eigenvalue weighted by Crippen LogP contribution is 2.29. The van der Waals surface area contributed by atoms with Gasteiger partial charge in [-0.2, -0.15) is 8.78 Å². The maximum absolute atomic E-state index is 12.8. The van der Waals surface area contributed by atoms with Crippen LogP contribution in [-0.2, 0) is 9.59 Å². The average molecular weight is 270 g/mol. The fraction of sp³-hybridized carbons (Fsp3) is 0.667. The molecular weight excluding hydrogens is 260 g/mol. The molecule has 0 aliphatic carbocycles. The number of alkyl halides is 4. The Labute approximate surface area is 99.1 Å². The molecule has 1 aliphatic rings. The van der Waals surface area contributed by atoms with Crippen molar-refractivity contribution in [2.75, 3.05) is 6.54 Å². The molecule has 1 fully saturated rings. The summed E-state index contributed by atoms with van der Waals surface area (Å²) in [4.78, 5) is 34.0. The third-order valence-electron chi connectivity index (χ3n) is 2.50. The fourth-order valence-corrected chi connectivity index (χ4v) is 1.27. The van der Waals surface area contributed by atoms with Crippen molar-refractivity contribution < 1.29 is 31.9 Å². The number of carbonyl (C=O) groups is 3. The van der Waals surface area contributed by atoms with Crippen LogP contribution in [-0.4, -0.2) is 41.6 Å².